The van der Waals surface area contributed by atoms with Gasteiger partial charge in [-0.2, -0.15) is 0 Å². The van der Waals surface area contributed by atoms with Crippen molar-refractivity contribution in [2.45, 2.75) is 44.6 Å². The number of likely N-dealkylation sites (tertiary alicyclic amines) is 1. The van der Waals surface area contributed by atoms with Crippen LogP contribution in [0.3, 0.4) is 0 Å². The molecule has 24 heavy (non-hydrogen) atoms. The van der Waals surface area contributed by atoms with Gasteiger partial charge in [-0.05, 0) is 49.9 Å². The van der Waals surface area contributed by atoms with Gasteiger partial charge in [-0.15, -0.1) is 0 Å². The molecule has 1 saturated carbocycles. The van der Waals surface area contributed by atoms with Gasteiger partial charge in [-0.1, -0.05) is 0 Å². The molecule has 1 amide bonds. The summed E-state index contributed by atoms with van der Waals surface area (Å²) in [5.41, 5.74) is 0. The van der Waals surface area contributed by atoms with Crippen LogP contribution in [0.25, 0.3) is 0 Å². The van der Waals surface area contributed by atoms with Crippen LogP contribution < -0.4 is 5.32 Å². The van der Waals surface area contributed by atoms with Crippen LogP contribution in [0.1, 0.15) is 38.5 Å². The summed E-state index contributed by atoms with van der Waals surface area (Å²) in [6, 6.07) is 0.219. The second-order valence-electron chi connectivity index (χ2n) is 7.81. The van der Waals surface area contributed by atoms with Crippen LogP contribution in [0.2, 0.25) is 0 Å². The van der Waals surface area contributed by atoms with Crippen LogP contribution in [-0.2, 0) is 14.6 Å². The van der Waals surface area contributed by atoms with Gasteiger partial charge >= 0.3 is 0 Å². The standard InChI is InChI=1S/C17H30N2O4S/c20-7-1-6-19-11-15(14-2-3-14)16(12-19)18-17(21)10-13-4-8-24(22,23)9-5-13/h13-16,20H,1-12H2,(H,18,21)/t15-,16+/m1/s1. The number of carbonyl (C=O) groups is 1. The maximum atomic E-state index is 12.4. The molecule has 0 radical (unpaired) electrons. The van der Waals surface area contributed by atoms with E-state index < -0.39 is 9.84 Å². The van der Waals surface area contributed by atoms with E-state index in [1.807, 2.05) is 0 Å². The Kier molecular flexibility index (Phi) is 5.82. The predicted octanol–water partition coefficient (Wildman–Crippen LogP) is 0.410. The van der Waals surface area contributed by atoms with E-state index >= 15 is 0 Å². The van der Waals surface area contributed by atoms with Crippen LogP contribution in [-0.4, -0.2) is 68.1 Å². The topological polar surface area (TPSA) is 86.7 Å². The fraction of sp³-hybridized carbons (Fsp3) is 0.941. The summed E-state index contributed by atoms with van der Waals surface area (Å²) in [5, 5.41) is 12.2. The van der Waals surface area contributed by atoms with Gasteiger partial charge in [-0.3, -0.25) is 4.79 Å². The third-order valence-corrected chi connectivity index (χ3v) is 7.51. The smallest absolute Gasteiger partial charge is 0.220 e. The largest absolute Gasteiger partial charge is 0.396 e. The lowest BCUT2D eigenvalue weighted by atomic mass is 9.96. The van der Waals surface area contributed by atoms with Gasteiger partial charge in [0, 0.05) is 38.7 Å². The lowest BCUT2D eigenvalue weighted by Crippen LogP contribution is -2.42. The number of carbonyl (C=O) groups excluding carboxylic acids is 1. The van der Waals surface area contributed by atoms with Gasteiger partial charge < -0.3 is 15.3 Å². The van der Waals surface area contributed by atoms with Gasteiger partial charge in [0.1, 0.15) is 9.84 Å². The first-order valence-electron chi connectivity index (χ1n) is 9.30. The van der Waals surface area contributed by atoms with Gasteiger partial charge in [0.05, 0.1) is 11.5 Å². The van der Waals surface area contributed by atoms with E-state index in [2.05, 4.69) is 10.2 Å². The SMILES string of the molecule is O=C(CC1CCS(=O)(=O)CC1)N[C@H]1CN(CCCO)C[C@@H]1C1CC1. The summed E-state index contributed by atoms with van der Waals surface area (Å²) in [6.07, 6.45) is 5.02. The first-order valence-corrected chi connectivity index (χ1v) is 11.1. The monoisotopic (exact) mass is 358 g/mol. The second-order valence-corrected chi connectivity index (χ2v) is 10.1. The van der Waals surface area contributed by atoms with Crippen molar-refractivity contribution in [1.82, 2.24) is 10.2 Å². The predicted molar refractivity (Wildman–Crippen MR) is 92.3 cm³/mol. The zero-order chi connectivity index (χ0) is 17.2. The third-order valence-electron chi connectivity index (χ3n) is 5.80. The molecule has 0 aromatic heterocycles. The quantitative estimate of drug-likeness (QED) is 0.688. The molecule has 6 nitrogen and oxygen atoms in total. The Labute approximate surface area is 144 Å². The molecular formula is C17H30N2O4S. The molecule has 2 saturated heterocycles. The number of nitrogens with one attached hydrogen (secondary N) is 1. The van der Waals surface area contributed by atoms with E-state index in [0.717, 1.165) is 32.0 Å². The van der Waals surface area contributed by atoms with E-state index in [1.54, 1.807) is 0 Å². The molecule has 2 aliphatic heterocycles. The van der Waals surface area contributed by atoms with E-state index in [9.17, 15) is 13.2 Å². The Bertz CT molecular complexity index is 533. The summed E-state index contributed by atoms with van der Waals surface area (Å²) in [6.45, 7) is 3.02. The Morgan fingerprint density at radius 2 is 1.83 bits per heavy atom. The number of aliphatic hydroxyl groups excluding tert-OH is 1. The minimum Gasteiger partial charge on any atom is -0.396 e. The van der Waals surface area contributed by atoms with Gasteiger partial charge in [-0.25, -0.2) is 8.42 Å². The second kappa shape index (κ2) is 7.70. The third kappa shape index (κ3) is 4.92. The highest BCUT2D eigenvalue weighted by molar-refractivity contribution is 7.91. The number of aliphatic hydroxyl groups is 1. The van der Waals surface area contributed by atoms with Gasteiger partial charge in [0.15, 0.2) is 0 Å². The molecule has 1 aliphatic carbocycles. The molecule has 0 aromatic carbocycles. The molecular weight excluding hydrogens is 328 g/mol. The van der Waals surface area contributed by atoms with Crippen molar-refractivity contribution in [1.29, 1.82) is 0 Å². The number of nitrogens with zero attached hydrogens (tertiary/aromatic N) is 1. The van der Waals surface area contributed by atoms with Crippen LogP contribution >= 0.6 is 0 Å². The number of sulfone groups is 1. The van der Waals surface area contributed by atoms with Gasteiger partial charge in [0.25, 0.3) is 0 Å². The number of rotatable bonds is 7. The molecule has 0 spiro atoms. The number of hydrogen-bond acceptors (Lipinski definition) is 5. The Morgan fingerprint density at radius 3 is 2.46 bits per heavy atom. The van der Waals surface area contributed by atoms with Crippen molar-refractivity contribution < 1.29 is 18.3 Å². The van der Waals surface area contributed by atoms with Crippen LogP contribution in [0.5, 0.6) is 0 Å². The minimum absolute atomic E-state index is 0.0824. The average Bonchev–Trinajstić information content (AvgIpc) is 3.30. The lowest BCUT2D eigenvalue weighted by molar-refractivity contribution is -0.123. The molecule has 3 fully saturated rings. The maximum absolute atomic E-state index is 12.4. The summed E-state index contributed by atoms with van der Waals surface area (Å²) >= 11 is 0. The highest BCUT2D eigenvalue weighted by Gasteiger charge is 2.42. The molecule has 2 N–H and O–H groups in total. The molecule has 7 heteroatoms. The molecule has 0 aromatic rings. The van der Waals surface area contributed by atoms with Crippen molar-refractivity contribution in [2.75, 3.05) is 37.7 Å². The van der Waals surface area contributed by atoms with Crippen molar-refractivity contribution in [3.63, 3.8) is 0 Å². The minimum atomic E-state index is -2.86. The highest BCUT2D eigenvalue weighted by Crippen LogP contribution is 2.41. The summed E-state index contributed by atoms with van der Waals surface area (Å²) in [7, 11) is -2.86. The van der Waals surface area contributed by atoms with E-state index in [4.69, 9.17) is 5.11 Å². The van der Waals surface area contributed by atoms with Crippen molar-refractivity contribution in [3.05, 3.63) is 0 Å². The lowest BCUT2D eigenvalue weighted by Gasteiger charge is -2.24. The Hall–Kier alpha value is -0.660. The molecule has 3 rings (SSSR count). The summed E-state index contributed by atoms with van der Waals surface area (Å²) < 4.78 is 23.0. The van der Waals surface area contributed by atoms with Gasteiger partial charge in [0.2, 0.25) is 5.91 Å². The van der Waals surface area contributed by atoms with Crippen molar-refractivity contribution in [3.8, 4) is 0 Å². The maximum Gasteiger partial charge on any atom is 0.220 e. The fourth-order valence-electron chi connectivity index (χ4n) is 4.22. The molecule has 2 atom stereocenters. The summed E-state index contributed by atoms with van der Waals surface area (Å²) in [5.74, 6) is 2.04. The normalized spacial score (nSPS) is 31.2. The van der Waals surface area contributed by atoms with Crippen molar-refractivity contribution >= 4 is 15.7 Å². The average molecular weight is 359 g/mol. The van der Waals surface area contributed by atoms with E-state index in [1.165, 1.54) is 12.8 Å². The zero-order valence-electron chi connectivity index (χ0n) is 14.3. The van der Waals surface area contributed by atoms with E-state index in [-0.39, 0.29) is 36.0 Å². The number of amides is 1. The zero-order valence-corrected chi connectivity index (χ0v) is 15.1. The molecule has 138 valence electrons. The van der Waals surface area contributed by atoms with E-state index in [0.29, 0.717) is 25.2 Å². The first kappa shape index (κ1) is 18.1. The fourth-order valence-corrected chi connectivity index (χ4v) is 5.80. The van der Waals surface area contributed by atoms with Crippen LogP contribution in [0, 0.1) is 17.8 Å². The Morgan fingerprint density at radius 1 is 1.12 bits per heavy atom. The summed E-state index contributed by atoms with van der Waals surface area (Å²) in [4.78, 5) is 14.8. The first-order chi connectivity index (χ1) is 11.5. The van der Waals surface area contributed by atoms with Crippen LogP contribution in [0.15, 0.2) is 0 Å². The highest BCUT2D eigenvalue weighted by atomic mass is 32.2. The molecule has 2 heterocycles. The molecule has 3 aliphatic rings. The molecule has 0 bridgehead atoms. The molecule has 0 unspecified atom stereocenters. The van der Waals surface area contributed by atoms with Crippen LogP contribution in [0.4, 0.5) is 0 Å². The van der Waals surface area contributed by atoms with Crippen molar-refractivity contribution in [2.24, 2.45) is 17.8 Å². The Balaban J connectivity index is 1.47. The number of hydrogen-bond donors (Lipinski definition) is 2.